The number of hydrogen-bond donors (Lipinski definition) is 4. The number of allylic oxidation sites excluding steroid dienone is 7. The fourth-order valence-electron chi connectivity index (χ4n) is 4.16. The molecule has 1 aromatic heterocycles. The number of anilines is 1. The fraction of sp³-hybridized carbons (Fsp3) is 0.419. The Morgan fingerprint density at radius 3 is 2.62 bits per heavy atom. The van der Waals surface area contributed by atoms with E-state index in [-0.39, 0.29) is 18.5 Å². The highest BCUT2D eigenvalue weighted by atomic mass is 35.5. The molecule has 0 fully saturated rings. The first-order chi connectivity index (χ1) is 19.3. The van der Waals surface area contributed by atoms with Gasteiger partial charge in [-0.2, -0.15) is 0 Å². The van der Waals surface area contributed by atoms with Gasteiger partial charge in [0.15, 0.2) is 0 Å². The van der Waals surface area contributed by atoms with E-state index in [1.807, 2.05) is 56.9 Å². The van der Waals surface area contributed by atoms with Gasteiger partial charge in [0.1, 0.15) is 6.67 Å². The Morgan fingerprint density at radius 1 is 1.23 bits per heavy atom. The minimum Gasteiger partial charge on any atom is -0.393 e. The van der Waals surface area contributed by atoms with Gasteiger partial charge in [-0.15, -0.1) is 0 Å². The van der Waals surface area contributed by atoms with Crippen molar-refractivity contribution in [3.05, 3.63) is 82.5 Å². The fourth-order valence-corrected chi connectivity index (χ4v) is 4.43. The van der Waals surface area contributed by atoms with Gasteiger partial charge in [0.05, 0.1) is 17.6 Å². The molecule has 1 amide bonds. The van der Waals surface area contributed by atoms with Crippen LogP contribution in [0.2, 0.25) is 0 Å². The maximum Gasteiger partial charge on any atom is 0.208 e. The predicted molar refractivity (Wildman–Crippen MR) is 169 cm³/mol. The standard InChI is InChI=1S/C31H44ClN7O/c1-7-10-11-26(32)13-24(9-3)19-39(27-12-22(4)16-35-18-27)31(37-20-36-21-40)38-30-14-25(17-34-6)29(33)15-28(30)23(5)8-2/h10-18,21,23-24,33-34H,7-9,19-20H2,1-6H3,(H,36,40)(H,37,38)/b11-10-,25-17-,26-13+,33-29?. The number of guanidine groups is 1. The summed E-state index contributed by atoms with van der Waals surface area (Å²) in [6.45, 7) is 11.2. The lowest BCUT2D eigenvalue weighted by Crippen LogP contribution is -2.45. The monoisotopic (exact) mass is 565 g/mol. The molecule has 0 spiro atoms. The third-order valence-electron chi connectivity index (χ3n) is 6.59. The van der Waals surface area contributed by atoms with Crippen molar-refractivity contribution >= 4 is 35.4 Å². The lowest BCUT2D eigenvalue weighted by molar-refractivity contribution is -0.109. The molecule has 40 heavy (non-hydrogen) atoms. The number of aromatic nitrogens is 1. The Balaban J connectivity index is 2.64. The van der Waals surface area contributed by atoms with Gasteiger partial charge in [0.2, 0.25) is 12.4 Å². The second-order valence-electron chi connectivity index (χ2n) is 9.72. The van der Waals surface area contributed by atoms with E-state index < -0.39 is 0 Å². The largest absolute Gasteiger partial charge is 0.393 e. The van der Waals surface area contributed by atoms with E-state index in [4.69, 9.17) is 22.0 Å². The summed E-state index contributed by atoms with van der Waals surface area (Å²) in [5.41, 5.74) is 4.98. The molecule has 2 unspecified atom stereocenters. The van der Waals surface area contributed by atoms with Gasteiger partial charge in [-0.05, 0) is 73.5 Å². The van der Waals surface area contributed by atoms with Crippen molar-refractivity contribution in [3.8, 4) is 0 Å². The zero-order valence-corrected chi connectivity index (χ0v) is 25.3. The second kappa shape index (κ2) is 17.1. The van der Waals surface area contributed by atoms with Crippen LogP contribution in [0.5, 0.6) is 0 Å². The minimum absolute atomic E-state index is 0.0961. The molecule has 1 heterocycles. The zero-order chi connectivity index (χ0) is 29.5. The van der Waals surface area contributed by atoms with Crippen LogP contribution in [0.15, 0.2) is 81.9 Å². The molecule has 2 atom stereocenters. The average Bonchev–Trinajstić information content (AvgIpc) is 2.94. The van der Waals surface area contributed by atoms with Gasteiger partial charge < -0.3 is 26.3 Å². The highest BCUT2D eigenvalue weighted by molar-refractivity contribution is 6.31. The summed E-state index contributed by atoms with van der Waals surface area (Å²) in [4.78, 5) is 22.4. The lowest BCUT2D eigenvalue weighted by Gasteiger charge is -2.32. The minimum atomic E-state index is 0.0961. The Kier molecular flexibility index (Phi) is 13.9. The molecule has 1 aliphatic carbocycles. The Bertz CT molecular complexity index is 1200. The van der Waals surface area contributed by atoms with Crippen molar-refractivity contribution in [3.63, 3.8) is 0 Å². The summed E-state index contributed by atoms with van der Waals surface area (Å²) in [6.07, 6.45) is 18.7. The molecule has 216 valence electrons. The van der Waals surface area contributed by atoms with Crippen LogP contribution in [0.4, 0.5) is 5.69 Å². The Hall–Kier alpha value is -3.65. The van der Waals surface area contributed by atoms with Crippen molar-refractivity contribution in [1.82, 2.24) is 20.9 Å². The smallest absolute Gasteiger partial charge is 0.208 e. The van der Waals surface area contributed by atoms with Crippen LogP contribution in [0, 0.1) is 24.2 Å². The highest BCUT2D eigenvalue weighted by Crippen LogP contribution is 2.28. The third kappa shape index (κ3) is 9.83. The van der Waals surface area contributed by atoms with Crippen LogP contribution in [0.3, 0.4) is 0 Å². The quantitative estimate of drug-likeness (QED) is 0.0733. The van der Waals surface area contributed by atoms with Crippen molar-refractivity contribution in [2.45, 2.75) is 53.9 Å². The van der Waals surface area contributed by atoms with Crippen LogP contribution in [0.25, 0.3) is 0 Å². The molecule has 0 aromatic carbocycles. The molecular weight excluding hydrogens is 522 g/mol. The average molecular weight is 566 g/mol. The van der Waals surface area contributed by atoms with E-state index in [2.05, 4.69) is 65.7 Å². The second-order valence-corrected chi connectivity index (χ2v) is 10.2. The number of nitrogens with zero attached hydrogens (tertiary/aromatic N) is 3. The van der Waals surface area contributed by atoms with Crippen LogP contribution >= 0.6 is 11.6 Å². The Morgan fingerprint density at radius 2 is 2.00 bits per heavy atom. The number of nitrogens with one attached hydrogen (secondary N) is 4. The van der Waals surface area contributed by atoms with Crippen molar-refractivity contribution in [1.29, 1.82) is 5.41 Å². The number of pyridine rings is 1. The number of halogens is 1. The van der Waals surface area contributed by atoms with Crippen molar-refractivity contribution < 1.29 is 4.79 Å². The van der Waals surface area contributed by atoms with Gasteiger partial charge in [-0.25, -0.2) is 4.99 Å². The van der Waals surface area contributed by atoms with Crippen molar-refractivity contribution in [2.24, 2.45) is 16.8 Å². The zero-order valence-electron chi connectivity index (χ0n) is 24.6. The van der Waals surface area contributed by atoms with Gasteiger partial charge >= 0.3 is 0 Å². The van der Waals surface area contributed by atoms with Crippen LogP contribution in [-0.4, -0.2) is 43.3 Å². The number of aliphatic imine (C=N–C) groups is 1. The lowest BCUT2D eigenvalue weighted by atomic mass is 9.88. The topological polar surface area (TPSA) is 106 Å². The molecule has 1 aromatic rings. The van der Waals surface area contributed by atoms with Crippen LogP contribution < -0.4 is 20.9 Å². The van der Waals surface area contributed by atoms with E-state index in [1.54, 1.807) is 0 Å². The van der Waals surface area contributed by atoms with E-state index >= 15 is 0 Å². The molecule has 0 bridgehead atoms. The Labute approximate surface area is 244 Å². The molecule has 2 rings (SSSR count). The third-order valence-corrected chi connectivity index (χ3v) is 6.84. The molecular formula is C31H44ClN7O. The summed E-state index contributed by atoms with van der Waals surface area (Å²) in [6, 6.07) is 2.06. The first kappa shape index (κ1) is 32.6. The van der Waals surface area contributed by atoms with E-state index in [0.29, 0.717) is 29.7 Å². The first-order valence-electron chi connectivity index (χ1n) is 13.9. The van der Waals surface area contributed by atoms with Crippen LogP contribution in [-0.2, 0) is 4.79 Å². The van der Waals surface area contributed by atoms with Gasteiger partial charge in [0, 0.05) is 42.3 Å². The molecule has 0 saturated carbocycles. The van der Waals surface area contributed by atoms with E-state index in [1.165, 1.54) is 0 Å². The molecule has 1 aliphatic rings. The summed E-state index contributed by atoms with van der Waals surface area (Å²) in [5.74, 6) is 0.888. The highest BCUT2D eigenvalue weighted by Gasteiger charge is 2.24. The first-order valence-corrected chi connectivity index (χ1v) is 14.3. The molecule has 8 nitrogen and oxygen atoms in total. The molecule has 0 radical (unpaired) electrons. The van der Waals surface area contributed by atoms with Crippen molar-refractivity contribution in [2.75, 3.05) is 25.2 Å². The number of amides is 1. The maximum atomic E-state index is 11.1. The van der Waals surface area contributed by atoms with Gasteiger partial charge in [0.25, 0.3) is 0 Å². The SMILES string of the molecule is CC/C=C\C(Cl)=C/C(CC)CN(/C(=N\CNC=O)NC1=C/C(=C/NC)C(=N)C=C1C(C)CC)c1cncc(C)c1. The number of rotatable bonds is 14. The number of carbonyl (C=O) groups is 1. The normalized spacial score (nSPS) is 16.9. The van der Waals surface area contributed by atoms with E-state index in [0.717, 1.165) is 47.4 Å². The summed E-state index contributed by atoms with van der Waals surface area (Å²) in [7, 11) is 1.82. The predicted octanol–water partition coefficient (Wildman–Crippen LogP) is 5.95. The molecule has 4 N–H and O–H groups in total. The number of aryl methyl sites for hydroxylation is 1. The summed E-state index contributed by atoms with van der Waals surface area (Å²) >= 11 is 6.55. The molecule has 9 heteroatoms. The van der Waals surface area contributed by atoms with Crippen LogP contribution in [0.1, 0.15) is 52.5 Å². The molecule has 0 aliphatic heterocycles. The van der Waals surface area contributed by atoms with Gasteiger partial charge in [-0.1, -0.05) is 51.4 Å². The number of hydrogen-bond acceptors (Lipinski definition) is 5. The van der Waals surface area contributed by atoms with Gasteiger partial charge in [-0.3, -0.25) is 9.78 Å². The van der Waals surface area contributed by atoms with E-state index in [9.17, 15) is 4.79 Å². The maximum absolute atomic E-state index is 11.1. The molecule has 0 saturated heterocycles. The summed E-state index contributed by atoms with van der Waals surface area (Å²) in [5, 5.41) is 18.5. The summed E-state index contributed by atoms with van der Waals surface area (Å²) < 4.78 is 0. The number of carbonyl (C=O) groups excluding carboxylic acids is 1.